The number of nitrogen functional groups attached to an aromatic ring is 1. The molecule has 1 amide bonds. The van der Waals surface area contributed by atoms with E-state index in [2.05, 4.69) is 35.7 Å². The highest BCUT2D eigenvalue weighted by Crippen LogP contribution is 2.33. The number of hydrogen-bond donors (Lipinski definition) is 3. The van der Waals surface area contributed by atoms with Crippen molar-refractivity contribution < 1.29 is 23.0 Å². The molecule has 0 aliphatic rings. The molecule has 41 heavy (non-hydrogen) atoms. The number of methoxy groups -OCH3 is 1. The van der Waals surface area contributed by atoms with Gasteiger partial charge in [0.2, 0.25) is 0 Å². The maximum atomic E-state index is 14.9. The third-order valence-electron chi connectivity index (χ3n) is 5.91. The van der Waals surface area contributed by atoms with Gasteiger partial charge in [0.1, 0.15) is 47.5 Å². The molecule has 0 aliphatic heterocycles. The minimum Gasteiger partial charge on any atom is -0.494 e. The minimum absolute atomic E-state index is 0.0572. The lowest BCUT2D eigenvalue weighted by Crippen LogP contribution is -2.20. The van der Waals surface area contributed by atoms with E-state index in [0.717, 1.165) is 12.1 Å². The highest BCUT2D eigenvalue weighted by Gasteiger charge is 2.22. The number of carbonyl (C=O) groups excluding carboxylic acids is 1. The van der Waals surface area contributed by atoms with Gasteiger partial charge in [-0.1, -0.05) is 18.2 Å². The lowest BCUT2D eigenvalue weighted by Gasteiger charge is -2.14. The van der Waals surface area contributed by atoms with Crippen LogP contribution in [0.5, 0.6) is 5.75 Å². The van der Waals surface area contributed by atoms with Crippen LogP contribution in [0, 0.1) is 11.6 Å². The Morgan fingerprint density at radius 2 is 1.90 bits per heavy atom. The summed E-state index contributed by atoms with van der Waals surface area (Å²) in [4.78, 5) is 29.3. The van der Waals surface area contributed by atoms with Crippen LogP contribution >= 0.6 is 0 Å². The predicted octanol–water partition coefficient (Wildman–Crippen LogP) is 3.92. The number of para-hydroxylation sites is 1. The van der Waals surface area contributed by atoms with Crippen molar-refractivity contribution in [1.82, 2.24) is 29.7 Å². The Labute approximate surface area is 232 Å². The van der Waals surface area contributed by atoms with Crippen molar-refractivity contribution in [3.63, 3.8) is 0 Å². The molecule has 0 unspecified atom stereocenters. The number of aromatic nitrogens is 6. The van der Waals surface area contributed by atoms with Crippen LogP contribution in [0.4, 0.5) is 31.9 Å². The van der Waals surface area contributed by atoms with Crippen molar-refractivity contribution in [3.8, 4) is 17.3 Å². The van der Waals surface area contributed by atoms with Crippen LogP contribution in [0.1, 0.15) is 12.5 Å². The molecule has 5 aromatic rings. The first-order valence-corrected chi connectivity index (χ1v) is 12.4. The van der Waals surface area contributed by atoms with Crippen molar-refractivity contribution in [2.24, 2.45) is 0 Å². The van der Waals surface area contributed by atoms with Gasteiger partial charge in [0, 0.05) is 36.4 Å². The fourth-order valence-electron chi connectivity index (χ4n) is 4.13. The summed E-state index contributed by atoms with van der Waals surface area (Å²) < 4.78 is 41.4. The molecule has 5 rings (SSSR count). The average Bonchev–Trinajstić information content (AvgIpc) is 3.32. The van der Waals surface area contributed by atoms with Gasteiger partial charge < -0.3 is 25.8 Å². The highest BCUT2D eigenvalue weighted by atomic mass is 19.1. The largest absolute Gasteiger partial charge is 0.494 e. The van der Waals surface area contributed by atoms with E-state index in [4.69, 9.17) is 15.2 Å². The molecule has 0 radical (unpaired) electrons. The molecular formula is C27H25F2N9O3. The van der Waals surface area contributed by atoms with Crippen LogP contribution in [-0.2, 0) is 16.1 Å². The fourth-order valence-corrected chi connectivity index (χ4v) is 4.13. The molecule has 14 heteroatoms. The number of ether oxygens (including phenoxy) is 2. The first kappa shape index (κ1) is 27.3. The van der Waals surface area contributed by atoms with Crippen LogP contribution in [0.2, 0.25) is 0 Å². The molecule has 0 bridgehead atoms. The molecule has 0 saturated heterocycles. The zero-order valence-electron chi connectivity index (χ0n) is 22.1. The average molecular weight is 562 g/mol. The van der Waals surface area contributed by atoms with E-state index in [1.54, 1.807) is 37.3 Å². The number of halogens is 2. The summed E-state index contributed by atoms with van der Waals surface area (Å²) in [5.41, 5.74) is 7.10. The van der Waals surface area contributed by atoms with Crippen LogP contribution in [-0.4, -0.2) is 55.9 Å². The number of nitrogens with two attached hydrogens (primary N) is 1. The van der Waals surface area contributed by atoms with Gasteiger partial charge >= 0.3 is 0 Å². The van der Waals surface area contributed by atoms with Gasteiger partial charge in [-0.2, -0.15) is 5.10 Å². The molecule has 3 aromatic heterocycles. The zero-order chi connectivity index (χ0) is 28.9. The quantitative estimate of drug-likeness (QED) is 0.228. The Bertz CT molecular complexity index is 1690. The number of benzene rings is 2. The summed E-state index contributed by atoms with van der Waals surface area (Å²) in [6.07, 6.45) is 2.86. The van der Waals surface area contributed by atoms with Gasteiger partial charge in [0.15, 0.2) is 17.5 Å². The molecule has 0 spiro atoms. The molecule has 210 valence electrons. The van der Waals surface area contributed by atoms with Crippen LogP contribution in [0.25, 0.3) is 22.4 Å². The molecule has 2 aromatic carbocycles. The molecule has 0 aliphatic carbocycles. The second kappa shape index (κ2) is 11.9. The Kier molecular flexibility index (Phi) is 7.92. The van der Waals surface area contributed by atoms with Gasteiger partial charge in [-0.3, -0.25) is 9.48 Å². The third kappa shape index (κ3) is 5.86. The number of carbonyl (C=O) groups is 1. The van der Waals surface area contributed by atoms with Gasteiger partial charge in [-0.05, 0) is 19.1 Å². The summed E-state index contributed by atoms with van der Waals surface area (Å²) in [5, 5.41) is 10.9. The lowest BCUT2D eigenvalue weighted by atomic mass is 10.1. The zero-order valence-corrected chi connectivity index (χ0v) is 22.1. The molecule has 4 N–H and O–H groups in total. The number of anilines is 4. The standard InChI is InChI=1S/C27H25F2N9O3/c1-3-41-15-10-18(28)17(19(29)11-15)12-38-20-7-5-4-6-16(20)23(37-38)26-35-25(30)24(34-22(39)13-40-2)27(36-26)33-21-8-9-31-14-32-21/h4-11,14H,3,12-13H2,1-2H3,(H,34,39)(H3,30,31,32,33,35,36). The minimum atomic E-state index is -0.762. The van der Waals surface area contributed by atoms with Crippen molar-refractivity contribution in [2.45, 2.75) is 13.5 Å². The van der Waals surface area contributed by atoms with Gasteiger partial charge in [-0.15, -0.1) is 0 Å². The molecule has 3 heterocycles. The van der Waals surface area contributed by atoms with Crippen LogP contribution < -0.4 is 21.1 Å². The second-order valence-corrected chi connectivity index (χ2v) is 8.68. The monoisotopic (exact) mass is 561 g/mol. The van der Waals surface area contributed by atoms with Crippen molar-refractivity contribution in [2.75, 3.05) is 36.7 Å². The van der Waals surface area contributed by atoms with E-state index >= 15 is 0 Å². The Hall–Kier alpha value is -5.24. The SMILES string of the molecule is CCOc1cc(F)c(Cn2nc(-c3nc(N)c(NC(=O)COC)c(Nc4ccncn4)n3)c3ccccc32)c(F)c1. The Balaban J connectivity index is 1.60. The van der Waals surface area contributed by atoms with E-state index in [1.165, 1.54) is 24.3 Å². The van der Waals surface area contributed by atoms with Crippen molar-refractivity contribution in [3.05, 3.63) is 72.2 Å². The van der Waals surface area contributed by atoms with Gasteiger partial charge in [-0.25, -0.2) is 28.7 Å². The van der Waals surface area contributed by atoms with Crippen LogP contribution in [0.3, 0.4) is 0 Å². The van der Waals surface area contributed by atoms with Gasteiger partial charge in [0.05, 0.1) is 18.7 Å². The molecule has 0 fully saturated rings. The van der Waals surface area contributed by atoms with E-state index < -0.39 is 17.5 Å². The first-order valence-electron chi connectivity index (χ1n) is 12.4. The van der Waals surface area contributed by atoms with Gasteiger partial charge in [0.25, 0.3) is 5.91 Å². The van der Waals surface area contributed by atoms with E-state index in [1.807, 2.05) is 0 Å². The maximum absolute atomic E-state index is 14.9. The summed E-state index contributed by atoms with van der Waals surface area (Å²) in [7, 11) is 1.38. The summed E-state index contributed by atoms with van der Waals surface area (Å²) in [6, 6.07) is 11.0. The number of amides is 1. The highest BCUT2D eigenvalue weighted by molar-refractivity contribution is 5.99. The number of fused-ring (bicyclic) bond motifs is 1. The number of hydrogen-bond acceptors (Lipinski definition) is 10. The summed E-state index contributed by atoms with van der Waals surface area (Å²) in [6.45, 7) is 1.57. The first-order chi connectivity index (χ1) is 19.9. The molecule has 0 saturated carbocycles. The van der Waals surface area contributed by atoms with Crippen molar-refractivity contribution >= 4 is 40.0 Å². The predicted molar refractivity (Wildman–Crippen MR) is 148 cm³/mol. The number of nitrogens with one attached hydrogen (secondary N) is 2. The Morgan fingerprint density at radius 1 is 1.12 bits per heavy atom. The maximum Gasteiger partial charge on any atom is 0.250 e. The molecule has 12 nitrogen and oxygen atoms in total. The third-order valence-corrected chi connectivity index (χ3v) is 5.91. The summed E-state index contributed by atoms with van der Waals surface area (Å²) >= 11 is 0. The van der Waals surface area contributed by atoms with Crippen LogP contribution in [0.15, 0.2) is 55.0 Å². The summed E-state index contributed by atoms with van der Waals surface area (Å²) in [5.74, 6) is -1.34. The lowest BCUT2D eigenvalue weighted by molar-refractivity contribution is -0.119. The topological polar surface area (TPSA) is 155 Å². The number of nitrogens with zero attached hydrogens (tertiary/aromatic N) is 6. The normalized spacial score (nSPS) is 11.0. The van der Waals surface area contributed by atoms with Crippen molar-refractivity contribution in [1.29, 1.82) is 0 Å². The smallest absolute Gasteiger partial charge is 0.250 e. The second-order valence-electron chi connectivity index (χ2n) is 8.68. The Morgan fingerprint density at radius 3 is 2.61 bits per heavy atom. The molecular weight excluding hydrogens is 536 g/mol. The van der Waals surface area contributed by atoms with E-state index in [0.29, 0.717) is 22.4 Å². The fraction of sp³-hybridized carbons (Fsp3) is 0.185. The van der Waals surface area contributed by atoms with E-state index in [9.17, 15) is 13.6 Å². The van der Waals surface area contributed by atoms with E-state index in [-0.39, 0.29) is 54.2 Å². The number of rotatable bonds is 10. The molecule has 0 atom stereocenters.